The smallest absolute Gasteiger partial charge is 0.126 e. The van der Waals surface area contributed by atoms with Gasteiger partial charge in [-0.25, -0.2) is 4.98 Å². The number of nitrogens with one attached hydrogen (secondary N) is 1. The van der Waals surface area contributed by atoms with Gasteiger partial charge < -0.3 is 10.1 Å². The summed E-state index contributed by atoms with van der Waals surface area (Å²) in [6.07, 6.45) is 3.75. The molecule has 0 bridgehead atoms. The van der Waals surface area contributed by atoms with E-state index in [1.54, 1.807) is 0 Å². The third kappa shape index (κ3) is 3.67. The van der Waals surface area contributed by atoms with E-state index in [0.717, 1.165) is 43.4 Å². The maximum atomic E-state index is 5.61. The molecule has 3 nitrogen and oxygen atoms in total. The first-order valence-electron chi connectivity index (χ1n) is 7.09. The quantitative estimate of drug-likeness (QED) is 0.770. The molecule has 1 fully saturated rings. The largest absolute Gasteiger partial charge is 0.381 e. The lowest BCUT2D eigenvalue weighted by Gasteiger charge is -2.07. The SMILES string of the molecule is c1ccc2nc(NCCCOCC3CC3)ccc2c1. The van der Waals surface area contributed by atoms with Crippen molar-refractivity contribution in [2.45, 2.75) is 19.3 Å². The Balaban J connectivity index is 1.42. The molecule has 1 aromatic carbocycles. The standard InChI is InChI=1S/C16H20N2O/c1-2-5-15-14(4-1)8-9-16(18-15)17-10-3-11-19-12-13-6-7-13/h1-2,4-5,8-9,13H,3,6-7,10-12H2,(H,17,18). The Morgan fingerprint density at radius 2 is 2.05 bits per heavy atom. The van der Waals surface area contributed by atoms with Gasteiger partial charge in [0.25, 0.3) is 0 Å². The van der Waals surface area contributed by atoms with Crippen LogP contribution in [0.1, 0.15) is 19.3 Å². The molecule has 1 aliphatic rings. The molecule has 1 aliphatic carbocycles. The van der Waals surface area contributed by atoms with Gasteiger partial charge in [0.15, 0.2) is 0 Å². The number of ether oxygens (including phenoxy) is 1. The fourth-order valence-corrected chi connectivity index (χ4v) is 2.09. The van der Waals surface area contributed by atoms with E-state index in [1.807, 2.05) is 24.3 Å². The molecule has 0 unspecified atom stereocenters. The monoisotopic (exact) mass is 256 g/mol. The summed E-state index contributed by atoms with van der Waals surface area (Å²) in [6.45, 7) is 2.71. The molecule has 0 radical (unpaired) electrons. The molecule has 3 heteroatoms. The summed E-state index contributed by atoms with van der Waals surface area (Å²) in [5.41, 5.74) is 1.04. The van der Waals surface area contributed by atoms with Crippen molar-refractivity contribution in [2.75, 3.05) is 25.1 Å². The first-order chi connectivity index (χ1) is 9.42. The molecule has 1 N–H and O–H groups in total. The number of fused-ring (bicyclic) bond motifs is 1. The maximum Gasteiger partial charge on any atom is 0.126 e. The van der Waals surface area contributed by atoms with Crippen molar-refractivity contribution < 1.29 is 4.74 Å². The number of aromatic nitrogens is 1. The summed E-state index contributed by atoms with van der Waals surface area (Å²) < 4.78 is 5.61. The maximum absolute atomic E-state index is 5.61. The number of nitrogens with zero attached hydrogens (tertiary/aromatic N) is 1. The summed E-state index contributed by atoms with van der Waals surface area (Å²) in [5.74, 6) is 1.80. The molecule has 19 heavy (non-hydrogen) atoms. The van der Waals surface area contributed by atoms with E-state index in [2.05, 4.69) is 22.4 Å². The van der Waals surface area contributed by atoms with Crippen LogP contribution in [0.2, 0.25) is 0 Å². The molecule has 0 aliphatic heterocycles. The fourth-order valence-electron chi connectivity index (χ4n) is 2.09. The van der Waals surface area contributed by atoms with Crippen LogP contribution >= 0.6 is 0 Å². The lowest BCUT2D eigenvalue weighted by Crippen LogP contribution is -2.07. The normalized spacial score (nSPS) is 14.7. The lowest BCUT2D eigenvalue weighted by molar-refractivity contribution is 0.124. The summed E-state index contributed by atoms with van der Waals surface area (Å²) >= 11 is 0. The first kappa shape index (κ1) is 12.4. The zero-order chi connectivity index (χ0) is 12.9. The van der Waals surface area contributed by atoms with Gasteiger partial charge in [-0.05, 0) is 43.4 Å². The third-order valence-corrected chi connectivity index (χ3v) is 3.42. The van der Waals surface area contributed by atoms with Gasteiger partial charge >= 0.3 is 0 Å². The zero-order valence-corrected chi connectivity index (χ0v) is 11.1. The van der Waals surface area contributed by atoms with E-state index in [0.29, 0.717) is 0 Å². The minimum absolute atomic E-state index is 0.844. The van der Waals surface area contributed by atoms with Crippen molar-refractivity contribution in [2.24, 2.45) is 5.92 Å². The Morgan fingerprint density at radius 3 is 2.95 bits per heavy atom. The van der Waals surface area contributed by atoms with Crippen molar-refractivity contribution in [1.82, 2.24) is 4.98 Å². The predicted molar refractivity (Wildman–Crippen MR) is 78.4 cm³/mol. The van der Waals surface area contributed by atoms with Crippen molar-refractivity contribution >= 4 is 16.7 Å². The van der Waals surface area contributed by atoms with Gasteiger partial charge in [-0.15, -0.1) is 0 Å². The summed E-state index contributed by atoms with van der Waals surface area (Å²) in [5, 5.41) is 4.53. The van der Waals surface area contributed by atoms with Crippen molar-refractivity contribution in [3.8, 4) is 0 Å². The van der Waals surface area contributed by atoms with Crippen LogP contribution in [0.4, 0.5) is 5.82 Å². The highest BCUT2D eigenvalue weighted by atomic mass is 16.5. The predicted octanol–water partition coefficient (Wildman–Crippen LogP) is 3.46. The molecular formula is C16H20N2O. The minimum atomic E-state index is 0.844. The highest BCUT2D eigenvalue weighted by Crippen LogP contribution is 2.28. The number of hydrogen-bond acceptors (Lipinski definition) is 3. The first-order valence-corrected chi connectivity index (χ1v) is 7.09. The van der Waals surface area contributed by atoms with E-state index in [4.69, 9.17) is 4.74 Å². The van der Waals surface area contributed by atoms with Crippen LogP contribution in [0.3, 0.4) is 0 Å². The molecule has 0 saturated heterocycles. The summed E-state index contributed by atoms with van der Waals surface area (Å²) in [7, 11) is 0. The molecule has 1 saturated carbocycles. The molecule has 0 spiro atoms. The van der Waals surface area contributed by atoms with Crippen molar-refractivity contribution in [3.05, 3.63) is 36.4 Å². The van der Waals surface area contributed by atoms with Crippen LogP contribution in [0.5, 0.6) is 0 Å². The Kier molecular flexibility index (Phi) is 3.94. The highest BCUT2D eigenvalue weighted by molar-refractivity contribution is 5.79. The number of benzene rings is 1. The second-order valence-electron chi connectivity index (χ2n) is 5.19. The van der Waals surface area contributed by atoms with Gasteiger partial charge in [-0.3, -0.25) is 0 Å². The average Bonchev–Trinajstić information content (AvgIpc) is 3.27. The Bertz CT molecular complexity index is 537. The zero-order valence-electron chi connectivity index (χ0n) is 11.1. The molecule has 1 heterocycles. The van der Waals surface area contributed by atoms with Crippen LogP contribution in [-0.2, 0) is 4.74 Å². The van der Waals surface area contributed by atoms with Crippen molar-refractivity contribution in [1.29, 1.82) is 0 Å². The molecule has 0 atom stereocenters. The van der Waals surface area contributed by atoms with Gasteiger partial charge in [0.1, 0.15) is 5.82 Å². The summed E-state index contributed by atoms with van der Waals surface area (Å²) in [6, 6.07) is 12.3. The molecule has 2 aromatic rings. The second-order valence-corrected chi connectivity index (χ2v) is 5.19. The fraction of sp³-hybridized carbons (Fsp3) is 0.438. The molecule has 100 valence electrons. The third-order valence-electron chi connectivity index (χ3n) is 3.42. The van der Waals surface area contributed by atoms with Crippen LogP contribution in [0.25, 0.3) is 10.9 Å². The van der Waals surface area contributed by atoms with Crippen LogP contribution < -0.4 is 5.32 Å². The van der Waals surface area contributed by atoms with E-state index in [-0.39, 0.29) is 0 Å². The Hall–Kier alpha value is -1.61. The average molecular weight is 256 g/mol. The van der Waals surface area contributed by atoms with Gasteiger partial charge in [-0.2, -0.15) is 0 Å². The summed E-state index contributed by atoms with van der Waals surface area (Å²) in [4.78, 5) is 4.58. The number of para-hydroxylation sites is 1. The number of hydrogen-bond donors (Lipinski definition) is 1. The Labute approximate surface area is 114 Å². The molecule has 0 amide bonds. The van der Waals surface area contributed by atoms with Gasteiger partial charge in [-0.1, -0.05) is 18.2 Å². The van der Waals surface area contributed by atoms with Gasteiger partial charge in [0.05, 0.1) is 5.52 Å². The minimum Gasteiger partial charge on any atom is -0.381 e. The van der Waals surface area contributed by atoms with E-state index in [1.165, 1.54) is 18.2 Å². The van der Waals surface area contributed by atoms with Gasteiger partial charge in [0.2, 0.25) is 0 Å². The van der Waals surface area contributed by atoms with E-state index < -0.39 is 0 Å². The molecule has 3 rings (SSSR count). The topological polar surface area (TPSA) is 34.2 Å². The van der Waals surface area contributed by atoms with E-state index in [9.17, 15) is 0 Å². The molecular weight excluding hydrogens is 236 g/mol. The molecule has 1 aromatic heterocycles. The van der Waals surface area contributed by atoms with E-state index >= 15 is 0 Å². The van der Waals surface area contributed by atoms with Crippen LogP contribution in [0.15, 0.2) is 36.4 Å². The van der Waals surface area contributed by atoms with Gasteiger partial charge in [0, 0.05) is 25.1 Å². The van der Waals surface area contributed by atoms with Crippen LogP contribution in [0, 0.1) is 5.92 Å². The number of anilines is 1. The second kappa shape index (κ2) is 6.02. The van der Waals surface area contributed by atoms with Crippen LogP contribution in [-0.4, -0.2) is 24.7 Å². The highest BCUT2D eigenvalue weighted by Gasteiger charge is 2.20. The number of pyridine rings is 1. The lowest BCUT2D eigenvalue weighted by atomic mass is 10.2. The Morgan fingerprint density at radius 1 is 1.16 bits per heavy atom. The number of rotatable bonds is 7. The van der Waals surface area contributed by atoms with Crippen molar-refractivity contribution in [3.63, 3.8) is 0 Å².